The van der Waals surface area contributed by atoms with Crippen LogP contribution in [0.2, 0.25) is 0 Å². The second kappa shape index (κ2) is 6.66. The maximum Gasteiger partial charge on any atom is 0.131 e. The van der Waals surface area contributed by atoms with Crippen molar-refractivity contribution >= 4 is 5.82 Å². The molecule has 1 aromatic heterocycles. The number of piperidine rings is 1. The summed E-state index contributed by atoms with van der Waals surface area (Å²) < 4.78 is 0. The molecule has 18 heavy (non-hydrogen) atoms. The lowest BCUT2D eigenvalue weighted by Gasteiger charge is -2.29. The molecule has 0 aliphatic carbocycles. The van der Waals surface area contributed by atoms with Crippen LogP contribution in [0.15, 0.2) is 12.3 Å². The quantitative estimate of drug-likeness (QED) is 0.805. The molecular formula is C13H23N5. The van der Waals surface area contributed by atoms with Crippen molar-refractivity contribution in [1.82, 2.24) is 14.9 Å². The van der Waals surface area contributed by atoms with Crippen molar-refractivity contribution < 1.29 is 0 Å². The first-order chi connectivity index (χ1) is 8.78. The van der Waals surface area contributed by atoms with E-state index in [0.29, 0.717) is 6.54 Å². The molecule has 0 saturated carbocycles. The molecule has 5 nitrogen and oxygen atoms in total. The zero-order chi connectivity index (χ0) is 12.8. The maximum atomic E-state index is 5.51. The molecule has 0 radical (unpaired) electrons. The van der Waals surface area contributed by atoms with Crippen LogP contribution in [0.3, 0.4) is 0 Å². The van der Waals surface area contributed by atoms with Crippen LogP contribution in [0.4, 0.5) is 5.82 Å². The average Bonchev–Trinajstić information content (AvgIpc) is 2.37. The maximum absolute atomic E-state index is 5.51. The fourth-order valence-electron chi connectivity index (χ4n) is 2.44. The van der Waals surface area contributed by atoms with Crippen LogP contribution in [-0.2, 0) is 6.42 Å². The van der Waals surface area contributed by atoms with E-state index in [0.717, 1.165) is 30.5 Å². The van der Waals surface area contributed by atoms with Crippen LogP contribution in [-0.4, -0.2) is 48.1 Å². The molecule has 0 amide bonds. The van der Waals surface area contributed by atoms with Gasteiger partial charge in [0.05, 0.1) is 0 Å². The molecule has 1 atom stereocenters. The molecule has 2 rings (SSSR count). The van der Waals surface area contributed by atoms with Gasteiger partial charge >= 0.3 is 0 Å². The van der Waals surface area contributed by atoms with E-state index in [1.165, 1.54) is 25.9 Å². The molecule has 3 N–H and O–H groups in total. The highest BCUT2D eigenvalue weighted by Gasteiger charge is 2.16. The van der Waals surface area contributed by atoms with E-state index in [9.17, 15) is 0 Å². The zero-order valence-electron chi connectivity index (χ0n) is 11.1. The topological polar surface area (TPSA) is 67.1 Å². The van der Waals surface area contributed by atoms with E-state index >= 15 is 0 Å². The van der Waals surface area contributed by atoms with Gasteiger partial charge in [0.1, 0.15) is 11.6 Å². The van der Waals surface area contributed by atoms with Crippen molar-refractivity contribution in [2.75, 3.05) is 38.5 Å². The number of anilines is 1. The third kappa shape index (κ3) is 3.92. The Balaban J connectivity index is 1.83. The number of hydrogen-bond donors (Lipinski definition) is 2. The average molecular weight is 249 g/mol. The monoisotopic (exact) mass is 249 g/mol. The lowest BCUT2D eigenvalue weighted by molar-refractivity contribution is 0.217. The fraction of sp³-hybridized carbons (Fsp3) is 0.692. The first kappa shape index (κ1) is 13.2. The number of aromatic nitrogens is 2. The van der Waals surface area contributed by atoms with Gasteiger partial charge in [-0.1, -0.05) is 0 Å². The lowest BCUT2D eigenvalue weighted by Crippen LogP contribution is -2.35. The minimum absolute atomic E-state index is 0.594. The number of rotatable bonds is 5. The van der Waals surface area contributed by atoms with E-state index in [2.05, 4.69) is 27.2 Å². The van der Waals surface area contributed by atoms with Gasteiger partial charge in [0.2, 0.25) is 0 Å². The molecule has 5 heteroatoms. The van der Waals surface area contributed by atoms with Gasteiger partial charge in [-0.25, -0.2) is 9.97 Å². The highest BCUT2D eigenvalue weighted by molar-refractivity contribution is 5.32. The summed E-state index contributed by atoms with van der Waals surface area (Å²) in [7, 11) is 2.19. The Hall–Kier alpha value is -1.20. The number of hydrogen-bond acceptors (Lipinski definition) is 5. The number of likely N-dealkylation sites (tertiary alicyclic amines) is 1. The van der Waals surface area contributed by atoms with E-state index < -0.39 is 0 Å². The van der Waals surface area contributed by atoms with Crippen molar-refractivity contribution in [3.63, 3.8) is 0 Å². The molecule has 1 unspecified atom stereocenters. The Bertz CT molecular complexity index is 368. The van der Waals surface area contributed by atoms with Gasteiger partial charge < -0.3 is 16.0 Å². The molecule has 0 spiro atoms. The van der Waals surface area contributed by atoms with Gasteiger partial charge in [-0.3, -0.25) is 0 Å². The standard InChI is InChI=1S/C13H23N5/c1-18-8-2-3-11(10-18)9-16-13-5-7-15-12(17-13)4-6-14/h5,7,11H,2-4,6,8-10,14H2,1H3,(H,15,16,17). The van der Waals surface area contributed by atoms with Crippen LogP contribution < -0.4 is 11.1 Å². The molecule has 100 valence electrons. The van der Waals surface area contributed by atoms with Crippen LogP contribution >= 0.6 is 0 Å². The predicted molar refractivity (Wildman–Crippen MR) is 73.5 cm³/mol. The third-order valence-corrected chi connectivity index (χ3v) is 3.37. The smallest absolute Gasteiger partial charge is 0.131 e. The summed E-state index contributed by atoms with van der Waals surface area (Å²) in [6.45, 7) is 3.98. The van der Waals surface area contributed by atoms with E-state index in [1.54, 1.807) is 6.20 Å². The largest absolute Gasteiger partial charge is 0.370 e. The summed E-state index contributed by atoms with van der Waals surface area (Å²) in [4.78, 5) is 11.0. The van der Waals surface area contributed by atoms with Crippen LogP contribution in [0, 0.1) is 5.92 Å². The molecule has 1 fully saturated rings. The fourth-order valence-corrected chi connectivity index (χ4v) is 2.44. The highest BCUT2D eigenvalue weighted by atomic mass is 15.1. The summed E-state index contributed by atoms with van der Waals surface area (Å²) in [5, 5.41) is 3.42. The minimum atomic E-state index is 0.594. The Labute approximate surface area is 109 Å². The van der Waals surface area contributed by atoms with Gasteiger partial charge in [0.15, 0.2) is 0 Å². The second-order valence-electron chi connectivity index (χ2n) is 5.05. The number of nitrogens with two attached hydrogens (primary N) is 1. The molecule has 1 aliphatic rings. The van der Waals surface area contributed by atoms with Crippen molar-refractivity contribution in [2.45, 2.75) is 19.3 Å². The van der Waals surface area contributed by atoms with Crippen molar-refractivity contribution in [1.29, 1.82) is 0 Å². The van der Waals surface area contributed by atoms with E-state index in [-0.39, 0.29) is 0 Å². The van der Waals surface area contributed by atoms with Crippen molar-refractivity contribution in [3.05, 3.63) is 18.1 Å². The predicted octanol–water partition coefficient (Wildman–Crippen LogP) is 0.732. The Kier molecular flexibility index (Phi) is 4.90. The number of nitrogens with zero attached hydrogens (tertiary/aromatic N) is 3. The lowest BCUT2D eigenvalue weighted by atomic mass is 9.98. The molecule has 0 aromatic carbocycles. The van der Waals surface area contributed by atoms with Gasteiger partial charge in [0.25, 0.3) is 0 Å². The van der Waals surface area contributed by atoms with Crippen LogP contribution in [0.25, 0.3) is 0 Å². The first-order valence-corrected chi connectivity index (χ1v) is 6.72. The van der Waals surface area contributed by atoms with Gasteiger partial charge in [0, 0.05) is 25.7 Å². The summed E-state index contributed by atoms with van der Waals surface area (Å²) in [5.74, 6) is 2.46. The second-order valence-corrected chi connectivity index (χ2v) is 5.05. The molecular weight excluding hydrogens is 226 g/mol. The van der Waals surface area contributed by atoms with E-state index in [4.69, 9.17) is 5.73 Å². The Morgan fingerprint density at radius 2 is 2.44 bits per heavy atom. The molecule has 0 bridgehead atoms. The van der Waals surface area contributed by atoms with Gasteiger partial charge in [-0.15, -0.1) is 0 Å². The minimum Gasteiger partial charge on any atom is -0.370 e. The highest BCUT2D eigenvalue weighted by Crippen LogP contribution is 2.15. The normalized spacial score (nSPS) is 20.9. The summed E-state index contributed by atoms with van der Waals surface area (Å²) >= 11 is 0. The number of nitrogens with one attached hydrogen (secondary N) is 1. The Morgan fingerprint density at radius 1 is 1.56 bits per heavy atom. The van der Waals surface area contributed by atoms with E-state index in [1.807, 2.05) is 6.07 Å². The zero-order valence-corrected chi connectivity index (χ0v) is 11.1. The van der Waals surface area contributed by atoms with Gasteiger partial charge in [-0.2, -0.15) is 0 Å². The molecule has 1 aromatic rings. The van der Waals surface area contributed by atoms with Crippen LogP contribution in [0.5, 0.6) is 0 Å². The van der Waals surface area contributed by atoms with Gasteiger partial charge in [-0.05, 0) is 45.0 Å². The van der Waals surface area contributed by atoms with Crippen LogP contribution in [0.1, 0.15) is 18.7 Å². The summed E-state index contributed by atoms with van der Waals surface area (Å²) in [6.07, 6.45) is 5.14. The summed E-state index contributed by atoms with van der Waals surface area (Å²) in [5.41, 5.74) is 5.51. The van der Waals surface area contributed by atoms with Crippen molar-refractivity contribution in [2.24, 2.45) is 11.7 Å². The molecule has 1 aliphatic heterocycles. The first-order valence-electron chi connectivity index (χ1n) is 6.72. The Morgan fingerprint density at radius 3 is 3.22 bits per heavy atom. The summed E-state index contributed by atoms with van der Waals surface area (Å²) in [6, 6.07) is 1.92. The van der Waals surface area contributed by atoms with Crippen molar-refractivity contribution in [3.8, 4) is 0 Å². The molecule has 2 heterocycles. The molecule has 1 saturated heterocycles. The SMILES string of the molecule is CN1CCCC(CNc2ccnc(CCN)n2)C1. The third-order valence-electron chi connectivity index (χ3n) is 3.37.